The summed E-state index contributed by atoms with van der Waals surface area (Å²) in [6.45, 7) is 6.88. The highest BCUT2D eigenvalue weighted by atomic mass is 16.5. The van der Waals surface area contributed by atoms with E-state index in [1.54, 1.807) is 12.1 Å². The molecule has 6 nitrogen and oxygen atoms in total. The van der Waals surface area contributed by atoms with Crippen molar-refractivity contribution in [3.63, 3.8) is 0 Å². The third-order valence-corrected chi connectivity index (χ3v) is 3.71. The fourth-order valence-electron chi connectivity index (χ4n) is 2.46. The maximum Gasteiger partial charge on any atom is 0.287 e. The second kappa shape index (κ2) is 8.92. The Bertz CT molecular complexity index is 708. The Kier molecular flexibility index (Phi) is 6.62. The van der Waals surface area contributed by atoms with Crippen molar-refractivity contribution in [3.8, 4) is 5.75 Å². The SMILES string of the molecule is Cc1cc(OCC(=O)NCCNC(=O)c2ccco2)ccc1C(C)C. The molecule has 0 saturated heterocycles. The predicted molar refractivity (Wildman–Crippen MR) is 94.8 cm³/mol. The Hall–Kier alpha value is -2.76. The second-order valence-corrected chi connectivity index (χ2v) is 6.04. The van der Waals surface area contributed by atoms with Gasteiger partial charge in [0.2, 0.25) is 0 Å². The third kappa shape index (κ3) is 5.67. The number of hydrogen-bond donors (Lipinski definition) is 2. The van der Waals surface area contributed by atoms with Crippen LogP contribution >= 0.6 is 0 Å². The van der Waals surface area contributed by atoms with Crippen LogP contribution in [-0.2, 0) is 4.79 Å². The van der Waals surface area contributed by atoms with E-state index in [4.69, 9.17) is 9.15 Å². The Labute approximate surface area is 147 Å². The predicted octanol–water partition coefficient (Wildman–Crippen LogP) is 2.64. The van der Waals surface area contributed by atoms with Gasteiger partial charge in [-0.2, -0.15) is 0 Å². The highest BCUT2D eigenvalue weighted by molar-refractivity contribution is 5.91. The molecule has 0 aliphatic rings. The molecule has 1 aromatic carbocycles. The molecule has 6 heteroatoms. The van der Waals surface area contributed by atoms with Crippen LogP contribution in [0.5, 0.6) is 5.75 Å². The van der Waals surface area contributed by atoms with Crippen molar-refractivity contribution in [2.45, 2.75) is 26.7 Å². The summed E-state index contributed by atoms with van der Waals surface area (Å²) < 4.78 is 10.5. The van der Waals surface area contributed by atoms with Gasteiger partial charge in [-0.15, -0.1) is 0 Å². The first-order valence-corrected chi connectivity index (χ1v) is 8.29. The number of rotatable bonds is 8. The minimum atomic E-state index is -0.309. The van der Waals surface area contributed by atoms with Crippen molar-refractivity contribution in [2.24, 2.45) is 0 Å². The maximum absolute atomic E-state index is 11.8. The molecule has 2 N–H and O–H groups in total. The van der Waals surface area contributed by atoms with Gasteiger partial charge in [0.25, 0.3) is 11.8 Å². The minimum Gasteiger partial charge on any atom is -0.484 e. The van der Waals surface area contributed by atoms with Crippen LogP contribution in [0.3, 0.4) is 0 Å². The molecule has 0 spiro atoms. The smallest absolute Gasteiger partial charge is 0.287 e. The highest BCUT2D eigenvalue weighted by Crippen LogP contribution is 2.23. The second-order valence-electron chi connectivity index (χ2n) is 6.04. The number of furan rings is 1. The van der Waals surface area contributed by atoms with Crippen molar-refractivity contribution in [3.05, 3.63) is 53.5 Å². The number of ether oxygens (including phenoxy) is 1. The summed E-state index contributed by atoms with van der Waals surface area (Å²) >= 11 is 0. The number of hydrogen-bond acceptors (Lipinski definition) is 4. The summed E-state index contributed by atoms with van der Waals surface area (Å²) in [5.74, 6) is 0.820. The first-order chi connectivity index (χ1) is 12.0. The molecule has 0 saturated carbocycles. The lowest BCUT2D eigenvalue weighted by Gasteiger charge is -2.12. The van der Waals surface area contributed by atoms with E-state index in [1.165, 1.54) is 11.8 Å². The van der Waals surface area contributed by atoms with Crippen LogP contribution in [0.2, 0.25) is 0 Å². The first-order valence-electron chi connectivity index (χ1n) is 8.29. The molecule has 0 bridgehead atoms. The van der Waals surface area contributed by atoms with Crippen LogP contribution in [0.25, 0.3) is 0 Å². The van der Waals surface area contributed by atoms with Crippen LogP contribution < -0.4 is 15.4 Å². The molecule has 1 heterocycles. The summed E-state index contributed by atoms with van der Waals surface area (Å²) in [5.41, 5.74) is 2.41. The Morgan fingerprint density at radius 2 is 1.92 bits per heavy atom. The summed E-state index contributed by atoms with van der Waals surface area (Å²) in [7, 11) is 0. The van der Waals surface area contributed by atoms with Crippen molar-refractivity contribution < 1.29 is 18.7 Å². The number of benzene rings is 1. The van der Waals surface area contributed by atoms with E-state index in [9.17, 15) is 9.59 Å². The average Bonchev–Trinajstić information content (AvgIpc) is 3.11. The van der Waals surface area contributed by atoms with E-state index in [0.29, 0.717) is 24.8 Å². The van der Waals surface area contributed by atoms with Crippen LogP contribution in [0, 0.1) is 6.92 Å². The fourth-order valence-corrected chi connectivity index (χ4v) is 2.46. The molecule has 2 aromatic rings. The van der Waals surface area contributed by atoms with Gasteiger partial charge in [-0.25, -0.2) is 0 Å². The first kappa shape index (κ1) is 18.6. The van der Waals surface area contributed by atoms with Gasteiger partial charge in [0.15, 0.2) is 12.4 Å². The van der Waals surface area contributed by atoms with Crippen molar-refractivity contribution in [1.82, 2.24) is 10.6 Å². The zero-order chi connectivity index (χ0) is 18.2. The van der Waals surface area contributed by atoms with Crippen molar-refractivity contribution >= 4 is 11.8 Å². The molecular formula is C19H24N2O4. The number of nitrogens with one attached hydrogen (secondary N) is 2. The van der Waals surface area contributed by atoms with E-state index >= 15 is 0 Å². The van der Waals surface area contributed by atoms with Gasteiger partial charge < -0.3 is 19.8 Å². The summed E-state index contributed by atoms with van der Waals surface area (Å²) in [4.78, 5) is 23.4. The van der Waals surface area contributed by atoms with Gasteiger partial charge in [0.05, 0.1) is 6.26 Å². The van der Waals surface area contributed by atoms with Gasteiger partial charge in [0.1, 0.15) is 5.75 Å². The Morgan fingerprint density at radius 1 is 1.16 bits per heavy atom. The maximum atomic E-state index is 11.8. The van der Waals surface area contributed by atoms with Crippen LogP contribution in [-0.4, -0.2) is 31.5 Å². The van der Waals surface area contributed by atoms with E-state index < -0.39 is 0 Å². The topological polar surface area (TPSA) is 80.6 Å². The Balaban J connectivity index is 1.67. The van der Waals surface area contributed by atoms with Crippen molar-refractivity contribution in [2.75, 3.05) is 19.7 Å². The minimum absolute atomic E-state index is 0.0629. The zero-order valence-corrected chi connectivity index (χ0v) is 14.8. The monoisotopic (exact) mass is 344 g/mol. The lowest BCUT2D eigenvalue weighted by molar-refractivity contribution is -0.123. The van der Waals surface area contributed by atoms with E-state index in [-0.39, 0.29) is 24.2 Å². The van der Waals surface area contributed by atoms with Gasteiger partial charge in [-0.3, -0.25) is 9.59 Å². The number of amides is 2. The van der Waals surface area contributed by atoms with Crippen LogP contribution in [0.1, 0.15) is 41.4 Å². The van der Waals surface area contributed by atoms with Gasteiger partial charge in [-0.05, 0) is 48.2 Å². The van der Waals surface area contributed by atoms with E-state index in [1.807, 2.05) is 25.1 Å². The molecular weight excluding hydrogens is 320 g/mol. The molecule has 0 radical (unpaired) electrons. The summed E-state index contributed by atoms with van der Waals surface area (Å²) in [5, 5.41) is 5.34. The molecule has 0 unspecified atom stereocenters. The molecule has 0 aliphatic heterocycles. The number of aryl methyl sites for hydroxylation is 1. The van der Waals surface area contributed by atoms with Crippen LogP contribution in [0.4, 0.5) is 0 Å². The molecule has 2 amide bonds. The molecule has 134 valence electrons. The largest absolute Gasteiger partial charge is 0.484 e. The number of carbonyl (C=O) groups excluding carboxylic acids is 2. The van der Waals surface area contributed by atoms with Gasteiger partial charge >= 0.3 is 0 Å². The van der Waals surface area contributed by atoms with E-state index in [0.717, 1.165) is 5.56 Å². The average molecular weight is 344 g/mol. The quantitative estimate of drug-likeness (QED) is 0.722. The zero-order valence-electron chi connectivity index (χ0n) is 14.8. The standard InChI is InChI=1S/C19H24N2O4/c1-13(2)16-7-6-15(11-14(16)3)25-12-18(22)20-8-9-21-19(23)17-5-4-10-24-17/h4-7,10-11,13H,8-9,12H2,1-3H3,(H,20,22)(H,21,23). The molecule has 0 fully saturated rings. The summed E-state index contributed by atoms with van der Waals surface area (Å²) in [6, 6.07) is 9.06. The molecule has 2 rings (SSSR count). The fraction of sp³-hybridized carbons (Fsp3) is 0.368. The lowest BCUT2D eigenvalue weighted by Crippen LogP contribution is -2.36. The molecule has 25 heavy (non-hydrogen) atoms. The molecule has 1 aromatic heterocycles. The third-order valence-electron chi connectivity index (χ3n) is 3.71. The van der Waals surface area contributed by atoms with Gasteiger partial charge in [0, 0.05) is 13.1 Å². The normalized spacial score (nSPS) is 10.6. The summed E-state index contributed by atoms with van der Waals surface area (Å²) in [6.07, 6.45) is 1.43. The van der Waals surface area contributed by atoms with E-state index in [2.05, 4.69) is 24.5 Å². The number of carbonyl (C=O) groups is 2. The highest BCUT2D eigenvalue weighted by Gasteiger charge is 2.08. The van der Waals surface area contributed by atoms with Crippen molar-refractivity contribution in [1.29, 1.82) is 0 Å². The Morgan fingerprint density at radius 3 is 2.56 bits per heavy atom. The lowest BCUT2D eigenvalue weighted by atomic mass is 9.98. The molecule has 0 aliphatic carbocycles. The van der Waals surface area contributed by atoms with Gasteiger partial charge in [-0.1, -0.05) is 19.9 Å². The molecule has 0 atom stereocenters. The van der Waals surface area contributed by atoms with Crippen LogP contribution in [0.15, 0.2) is 41.0 Å².